The molecule has 0 aliphatic carbocycles. The Morgan fingerprint density at radius 1 is 0.561 bits per heavy atom. The lowest BCUT2D eigenvalue weighted by Gasteiger charge is -2.36. The second-order valence-corrected chi connectivity index (χ2v) is 14.4. The highest BCUT2D eigenvalue weighted by molar-refractivity contribution is 9.09. The molecule has 1 N–H and O–H groups in total. The number of unbranched alkanes of at least 4 members (excludes halogenated alkanes) is 4. The fourth-order valence-electron chi connectivity index (χ4n) is 6.24. The molecule has 0 atom stereocenters. The third kappa shape index (κ3) is 16.6. The largest absolute Gasteiger partial charge is 0.494 e. The molecule has 0 amide bonds. The minimum absolute atomic E-state index is 0.645. The second-order valence-electron chi connectivity index (χ2n) is 13.6. The number of alkyl halides is 1. The van der Waals surface area contributed by atoms with Gasteiger partial charge in [0.15, 0.2) is 17.1 Å². The van der Waals surface area contributed by atoms with E-state index in [1.807, 2.05) is 72.8 Å². The Morgan fingerprint density at radius 3 is 1.46 bits per heavy atom. The van der Waals surface area contributed by atoms with Gasteiger partial charge in [0.1, 0.15) is 11.5 Å². The van der Waals surface area contributed by atoms with Crippen molar-refractivity contribution in [3.63, 3.8) is 0 Å². The maximum atomic E-state index is 8.90. The number of halogens is 1. The van der Waals surface area contributed by atoms with Crippen LogP contribution in [0.3, 0.4) is 0 Å². The van der Waals surface area contributed by atoms with Crippen LogP contribution in [0.15, 0.2) is 97.1 Å². The number of piperazine rings is 2. The zero-order valence-corrected chi connectivity index (χ0v) is 34.4. The monoisotopic (exact) mass is 828 g/mol. The Kier molecular flexibility index (Phi) is 20.4. The van der Waals surface area contributed by atoms with Crippen LogP contribution in [0.4, 0.5) is 28.4 Å². The summed E-state index contributed by atoms with van der Waals surface area (Å²) in [5.74, 6) is 1.69. The number of rotatable bonds is 15. The van der Waals surface area contributed by atoms with Gasteiger partial charge < -0.3 is 24.6 Å². The van der Waals surface area contributed by atoms with E-state index in [0.29, 0.717) is 22.6 Å². The van der Waals surface area contributed by atoms with Gasteiger partial charge in [0, 0.05) is 69.1 Å². The highest BCUT2D eigenvalue weighted by Gasteiger charge is 2.16. The lowest BCUT2D eigenvalue weighted by Crippen LogP contribution is -2.46. The lowest BCUT2D eigenvalue weighted by molar-refractivity contribution is 0.246. The SMILES string of the molecule is [C-]#[N+]c1ccc(N2CCNCC2)cc1.[C-]#[N+]c1ccc(OCCCCCBr)cc1.[C-]#[N+]c1ccc(OCCCCCN2CCN(c3ccc(C#N)cc3)CC2)cc1. The van der Waals surface area contributed by atoms with E-state index in [9.17, 15) is 0 Å². The molecule has 2 saturated heterocycles. The van der Waals surface area contributed by atoms with E-state index in [0.717, 1.165) is 108 Å². The summed E-state index contributed by atoms with van der Waals surface area (Å²) in [5, 5.41) is 13.3. The second kappa shape index (κ2) is 26.3. The molecule has 0 spiro atoms. The average Bonchev–Trinajstić information content (AvgIpc) is 3.29. The van der Waals surface area contributed by atoms with E-state index >= 15 is 0 Å². The van der Waals surface area contributed by atoms with Crippen molar-refractivity contribution >= 4 is 44.4 Å². The maximum Gasteiger partial charge on any atom is 0.187 e. The summed E-state index contributed by atoms with van der Waals surface area (Å²) in [6, 6.07) is 32.4. The number of ether oxygens (including phenoxy) is 2. The molecular formula is C46H53BrN8O2. The predicted octanol–water partition coefficient (Wildman–Crippen LogP) is 10.3. The number of hydrogen-bond acceptors (Lipinski definition) is 7. The van der Waals surface area contributed by atoms with Crippen LogP contribution in [0.25, 0.3) is 14.5 Å². The number of benzene rings is 4. The lowest BCUT2D eigenvalue weighted by atomic mass is 10.2. The van der Waals surface area contributed by atoms with Gasteiger partial charge in [0.05, 0.1) is 44.6 Å². The van der Waals surface area contributed by atoms with Gasteiger partial charge in [-0.25, -0.2) is 14.5 Å². The first-order chi connectivity index (χ1) is 28.0. The van der Waals surface area contributed by atoms with E-state index in [4.69, 9.17) is 34.5 Å². The normalized spacial score (nSPS) is 13.6. The van der Waals surface area contributed by atoms with Gasteiger partial charge >= 0.3 is 0 Å². The molecule has 0 aromatic heterocycles. The molecule has 0 radical (unpaired) electrons. The average molecular weight is 830 g/mol. The van der Waals surface area contributed by atoms with Gasteiger partial charge in [0.25, 0.3) is 0 Å². The van der Waals surface area contributed by atoms with Gasteiger partial charge in [-0.2, -0.15) is 5.26 Å². The van der Waals surface area contributed by atoms with Gasteiger partial charge in [-0.15, -0.1) is 0 Å². The molecule has 296 valence electrons. The van der Waals surface area contributed by atoms with Gasteiger partial charge in [-0.05, 0) is 106 Å². The molecule has 2 aliphatic rings. The van der Waals surface area contributed by atoms with Crippen molar-refractivity contribution in [2.24, 2.45) is 0 Å². The molecule has 4 aromatic rings. The van der Waals surface area contributed by atoms with Crippen molar-refractivity contribution in [3.05, 3.63) is 137 Å². The molecule has 0 saturated carbocycles. The number of hydrogen-bond donors (Lipinski definition) is 1. The molecule has 6 rings (SSSR count). The zero-order chi connectivity index (χ0) is 40.3. The third-order valence-corrected chi connectivity index (χ3v) is 10.1. The quantitative estimate of drug-likeness (QED) is 0.0727. The first-order valence-electron chi connectivity index (χ1n) is 19.7. The molecular weight excluding hydrogens is 776 g/mol. The fourth-order valence-corrected chi connectivity index (χ4v) is 6.64. The van der Waals surface area contributed by atoms with Crippen molar-refractivity contribution in [1.29, 1.82) is 5.26 Å². The molecule has 4 aromatic carbocycles. The molecule has 0 unspecified atom stereocenters. The van der Waals surface area contributed by atoms with Crippen molar-refractivity contribution in [2.45, 2.75) is 38.5 Å². The summed E-state index contributed by atoms with van der Waals surface area (Å²) >= 11 is 3.39. The van der Waals surface area contributed by atoms with Crippen molar-refractivity contribution in [3.8, 4) is 17.6 Å². The Balaban J connectivity index is 0.000000209. The van der Waals surface area contributed by atoms with Crippen molar-refractivity contribution < 1.29 is 9.47 Å². The van der Waals surface area contributed by atoms with Crippen LogP contribution in [0, 0.1) is 31.0 Å². The number of nitrogens with zero attached hydrogens (tertiary/aromatic N) is 7. The fraction of sp³-hybridized carbons (Fsp3) is 0.391. The number of anilines is 2. The van der Waals surface area contributed by atoms with Crippen molar-refractivity contribution in [2.75, 3.05) is 87.2 Å². The summed E-state index contributed by atoms with van der Waals surface area (Å²) in [7, 11) is 0. The van der Waals surface area contributed by atoms with E-state index < -0.39 is 0 Å². The van der Waals surface area contributed by atoms with Crippen LogP contribution in [0.2, 0.25) is 0 Å². The summed E-state index contributed by atoms with van der Waals surface area (Å²) < 4.78 is 11.3. The van der Waals surface area contributed by atoms with Gasteiger partial charge in [-0.1, -0.05) is 52.3 Å². The van der Waals surface area contributed by atoms with Crippen LogP contribution in [-0.2, 0) is 0 Å². The van der Waals surface area contributed by atoms with Crippen LogP contribution < -0.4 is 24.6 Å². The molecule has 2 fully saturated rings. The summed E-state index contributed by atoms with van der Waals surface area (Å²) in [4.78, 5) is 17.3. The number of nitrogens with one attached hydrogen (secondary N) is 1. The molecule has 11 heteroatoms. The Labute approximate surface area is 348 Å². The molecule has 0 bridgehead atoms. The topological polar surface area (TPSA) is 77.1 Å². The molecule has 2 aliphatic heterocycles. The Bertz CT molecular complexity index is 1880. The molecule has 10 nitrogen and oxygen atoms in total. The van der Waals surface area contributed by atoms with E-state index in [2.05, 4.69) is 56.6 Å². The minimum Gasteiger partial charge on any atom is -0.494 e. The third-order valence-electron chi connectivity index (χ3n) is 9.56. The van der Waals surface area contributed by atoms with Crippen LogP contribution in [0.1, 0.15) is 44.1 Å². The minimum atomic E-state index is 0.645. The predicted molar refractivity (Wildman–Crippen MR) is 235 cm³/mol. The molecule has 2 heterocycles. The highest BCUT2D eigenvalue weighted by Crippen LogP contribution is 2.22. The van der Waals surface area contributed by atoms with E-state index in [-0.39, 0.29) is 0 Å². The van der Waals surface area contributed by atoms with Gasteiger partial charge in [0.2, 0.25) is 0 Å². The summed E-state index contributed by atoms with van der Waals surface area (Å²) in [6.45, 7) is 31.7. The Hall–Kier alpha value is -5.56. The van der Waals surface area contributed by atoms with E-state index in [1.165, 1.54) is 30.6 Å². The standard InChI is InChI=1S/C23H26N4O.C12H14BrNO.C11H13N3/c1-25-21-7-11-23(12-8-21)28-18-4-2-3-13-26-14-16-27(17-15-26)22-9-5-20(19-24)6-10-22;1-14-11-5-7-12(8-6-11)15-10-4-2-3-9-13;1-12-10-2-4-11(5-3-10)14-8-6-13-7-9-14/h5-12H,2-4,13-18H2;5-8H,2-4,9-10H2;2-5,13H,6-9H2. The first-order valence-corrected chi connectivity index (χ1v) is 20.8. The smallest absolute Gasteiger partial charge is 0.187 e. The van der Waals surface area contributed by atoms with Crippen LogP contribution in [0.5, 0.6) is 11.5 Å². The Morgan fingerprint density at radius 2 is 1.00 bits per heavy atom. The highest BCUT2D eigenvalue weighted by atomic mass is 79.9. The zero-order valence-electron chi connectivity index (χ0n) is 32.8. The number of nitriles is 1. The molecule has 57 heavy (non-hydrogen) atoms. The van der Waals surface area contributed by atoms with Gasteiger partial charge in [-0.3, -0.25) is 4.90 Å². The first kappa shape index (κ1) is 44.2. The van der Waals surface area contributed by atoms with E-state index in [1.54, 1.807) is 24.3 Å². The summed E-state index contributed by atoms with van der Waals surface area (Å²) in [5.41, 5.74) is 5.16. The van der Waals surface area contributed by atoms with Crippen LogP contribution >= 0.6 is 15.9 Å². The van der Waals surface area contributed by atoms with Crippen molar-refractivity contribution in [1.82, 2.24) is 10.2 Å². The van der Waals surface area contributed by atoms with Crippen LogP contribution in [-0.4, -0.2) is 82.3 Å². The summed E-state index contributed by atoms with van der Waals surface area (Å²) in [6.07, 6.45) is 6.87. The maximum absolute atomic E-state index is 8.90.